The first-order valence-electron chi connectivity index (χ1n) is 5.27. The molecule has 0 saturated carbocycles. The number of rotatable bonds is 2. The molecule has 0 saturated heterocycles. The van der Waals surface area contributed by atoms with Crippen LogP contribution >= 0.6 is 11.6 Å². The second-order valence-corrected chi connectivity index (χ2v) is 4.39. The van der Waals surface area contributed by atoms with E-state index in [0.717, 1.165) is 11.1 Å². The SMILES string of the molecule is Cc1ccc(Cl)cc1-c1nn(C)cc1NC(=O)O. The fraction of sp³-hybridized carbons (Fsp3) is 0.167. The van der Waals surface area contributed by atoms with E-state index in [-0.39, 0.29) is 0 Å². The van der Waals surface area contributed by atoms with Gasteiger partial charge in [-0.3, -0.25) is 10.00 Å². The molecule has 0 bridgehead atoms. The topological polar surface area (TPSA) is 67.2 Å². The molecule has 1 aromatic carbocycles. The maximum absolute atomic E-state index is 10.7. The Labute approximate surface area is 109 Å². The number of carboxylic acid groups (broad SMARTS) is 1. The number of aromatic nitrogens is 2. The highest BCUT2D eigenvalue weighted by atomic mass is 35.5. The molecule has 5 nitrogen and oxygen atoms in total. The Bertz CT molecular complexity index is 607. The van der Waals surface area contributed by atoms with Crippen molar-refractivity contribution in [2.45, 2.75) is 6.92 Å². The highest BCUT2D eigenvalue weighted by molar-refractivity contribution is 6.30. The lowest BCUT2D eigenvalue weighted by atomic mass is 10.1. The second kappa shape index (κ2) is 4.70. The summed E-state index contributed by atoms with van der Waals surface area (Å²) < 4.78 is 1.56. The standard InChI is InChI=1S/C12H12ClN3O2/c1-7-3-4-8(13)5-9(7)11-10(14-12(17)18)6-16(2)15-11/h3-6,14H,1-2H3,(H,17,18). The lowest BCUT2D eigenvalue weighted by Crippen LogP contribution is -2.07. The van der Waals surface area contributed by atoms with Crippen molar-refractivity contribution < 1.29 is 9.90 Å². The first-order valence-corrected chi connectivity index (χ1v) is 5.65. The van der Waals surface area contributed by atoms with Gasteiger partial charge in [-0.15, -0.1) is 0 Å². The Morgan fingerprint density at radius 1 is 1.50 bits per heavy atom. The monoisotopic (exact) mass is 265 g/mol. The quantitative estimate of drug-likeness (QED) is 0.877. The van der Waals surface area contributed by atoms with Gasteiger partial charge in [0.1, 0.15) is 5.69 Å². The average Bonchev–Trinajstić information content (AvgIpc) is 2.62. The van der Waals surface area contributed by atoms with E-state index in [2.05, 4.69) is 10.4 Å². The smallest absolute Gasteiger partial charge is 0.409 e. The lowest BCUT2D eigenvalue weighted by Gasteiger charge is -2.06. The van der Waals surface area contributed by atoms with Crippen molar-refractivity contribution in [1.82, 2.24) is 9.78 Å². The van der Waals surface area contributed by atoms with Crippen LogP contribution < -0.4 is 5.32 Å². The fourth-order valence-corrected chi connectivity index (χ4v) is 1.92. The third kappa shape index (κ3) is 2.46. The highest BCUT2D eigenvalue weighted by Gasteiger charge is 2.14. The molecule has 1 heterocycles. The Morgan fingerprint density at radius 3 is 2.89 bits per heavy atom. The van der Waals surface area contributed by atoms with Crippen LogP contribution in [0.4, 0.5) is 10.5 Å². The molecule has 0 fully saturated rings. The Balaban J connectivity index is 2.55. The van der Waals surface area contributed by atoms with Crippen LogP contribution in [0, 0.1) is 6.92 Å². The van der Waals surface area contributed by atoms with E-state index in [1.165, 1.54) is 0 Å². The van der Waals surface area contributed by atoms with Gasteiger partial charge in [-0.1, -0.05) is 17.7 Å². The molecule has 6 heteroatoms. The molecule has 0 unspecified atom stereocenters. The van der Waals surface area contributed by atoms with Crippen LogP contribution in [-0.2, 0) is 7.05 Å². The summed E-state index contributed by atoms with van der Waals surface area (Å²) in [7, 11) is 1.73. The highest BCUT2D eigenvalue weighted by Crippen LogP contribution is 2.30. The van der Waals surface area contributed by atoms with Gasteiger partial charge in [0.05, 0.1) is 5.69 Å². The van der Waals surface area contributed by atoms with E-state index < -0.39 is 6.09 Å². The number of amides is 1. The third-order valence-electron chi connectivity index (χ3n) is 2.53. The van der Waals surface area contributed by atoms with Gasteiger partial charge < -0.3 is 5.11 Å². The molecule has 0 spiro atoms. The predicted molar refractivity (Wildman–Crippen MR) is 70.0 cm³/mol. The Hall–Kier alpha value is -2.01. The van der Waals surface area contributed by atoms with E-state index in [9.17, 15) is 4.79 Å². The van der Waals surface area contributed by atoms with Crippen LogP contribution in [0.5, 0.6) is 0 Å². The first-order chi connectivity index (χ1) is 8.47. The minimum absolute atomic E-state index is 0.440. The number of hydrogen-bond acceptors (Lipinski definition) is 2. The minimum atomic E-state index is -1.12. The maximum Gasteiger partial charge on any atom is 0.409 e. The molecule has 1 amide bonds. The molecule has 2 aromatic rings. The second-order valence-electron chi connectivity index (χ2n) is 3.95. The summed E-state index contributed by atoms with van der Waals surface area (Å²) in [6, 6.07) is 5.43. The maximum atomic E-state index is 10.7. The van der Waals surface area contributed by atoms with E-state index in [1.807, 2.05) is 13.0 Å². The van der Waals surface area contributed by atoms with Crippen LogP contribution in [0.3, 0.4) is 0 Å². The van der Waals surface area contributed by atoms with Crippen LogP contribution in [-0.4, -0.2) is 21.0 Å². The summed E-state index contributed by atoms with van der Waals surface area (Å²) in [5, 5.41) is 16.0. The van der Waals surface area contributed by atoms with Crippen LogP contribution in [0.2, 0.25) is 5.02 Å². The normalized spacial score (nSPS) is 10.4. The van der Waals surface area contributed by atoms with Crippen molar-refractivity contribution >= 4 is 23.4 Å². The zero-order valence-electron chi connectivity index (χ0n) is 9.94. The largest absolute Gasteiger partial charge is 0.465 e. The molecule has 0 aliphatic carbocycles. The molecule has 0 radical (unpaired) electrons. The average molecular weight is 266 g/mol. The van der Waals surface area contributed by atoms with Crippen molar-refractivity contribution in [2.24, 2.45) is 7.05 Å². The first kappa shape index (κ1) is 12.4. The number of anilines is 1. The van der Waals surface area contributed by atoms with Gasteiger partial charge in [-0.2, -0.15) is 5.10 Å². The summed E-state index contributed by atoms with van der Waals surface area (Å²) in [6.07, 6.45) is 0.494. The van der Waals surface area contributed by atoms with Crippen molar-refractivity contribution in [3.8, 4) is 11.3 Å². The molecule has 94 valence electrons. The van der Waals surface area contributed by atoms with Crippen molar-refractivity contribution in [1.29, 1.82) is 0 Å². The number of carbonyl (C=O) groups is 1. The number of nitrogens with one attached hydrogen (secondary N) is 1. The predicted octanol–water partition coefficient (Wildman–Crippen LogP) is 3.14. The van der Waals surface area contributed by atoms with Crippen molar-refractivity contribution in [3.63, 3.8) is 0 Å². The van der Waals surface area contributed by atoms with Gasteiger partial charge in [0, 0.05) is 23.8 Å². The minimum Gasteiger partial charge on any atom is -0.465 e. The molecule has 2 rings (SSSR count). The third-order valence-corrected chi connectivity index (χ3v) is 2.76. The van der Waals surface area contributed by atoms with E-state index in [1.54, 1.807) is 30.1 Å². The number of nitrogens with zero attached hydrogens (tertiary/aromatic N) is 2. The molecule has 18 heavy (non-hydrogen) atoms. The summed E-state index contributed by atoms with van der Waals surface area (Å²) in [4.78, 5) is 10.7. The summed E-state index contributed by atoms with van der Waals surface area (Å²) in [6.45, 7) is 1.92. The van der Waals surface area contributed by atoms with E-state index in [4.69, 9.17) is 16.7 Å². The molecular formula is C12H12ClN3O2. The number of aryl methyl sites for hydroxylation is 2. The Kier molecular flexibility index (Phi) is 3.25. The van der Waals surface area contributed by atoms with Crippen LogP contribution in [0.25, 0.3) is 11.3 Å². The molecule has 0 aliphatic heterocycles. The van der Waals surface area contributed by atoms with E-state index in [0.29, 0.717) is 16.4 Å². The molecule has 0 atom stereocenters. The zero-order chi connectivity index (χ0) is 13.3. The van der Waals surface area contributed by atoms with Crippen molar-refractivity contribution in [3.05, 3.63) is 35.0 Å². The number of benzene rings is 1. The van der Waals surface area contributed by atoms with Gasteiger partial charge >= 0.3 is 6.09 Å². The molecule has 1 aromatic heterocycles. The zero-order valence-corrected chi connectivity index (χ0v) is 10.7. The molecule has 0 aliphatic rings. The number of hydrogen-bond donors (Lipinski definition) is 2. The van der Waals surface area contributed by atoms with Gasteiger partial charge in [0.15, 0.2) is 0 Å². The van der Waals surface area contributed by atoms with Crippen LogP contribution in [0.15, 0.2) is 24.4 Å². The van der Waals surface area contributed by atoms with E-state index >= 15 is 0 Å². The van der Waals surface area contributed by atoms with Crippen LogP contribution in [0.1, 0.15) is 5.56 Å². The summed E-state index contributed by atoms with van der Waals surface area (Å²) in [5.74, 6) is 0. The Morgan fingerprint density at radius 2 is 2.22 bits per heavy atom. The van der Waals surface area contributed by atoms with Crippen molar-refractivity contribution in [2.75, 3.05) is 5.32 Å². The molecule has 2 N–H and O–H groups in total. The lowest BCUT2D eigenvalue weighted by molar-refractivity contribution is 0.210. The van der Waals surface area contributed by atoms with Gasteiger partial charge in [-0.05, 0) is 24.6 Å². The summed E-state index contributed by atoms with van der Waals surface area (Å²) in [5.41, 5.74) is 2.80. The van der Waals surface area contributed by atoms with Gasteiger partial charge in [-0.25, -0.2) is 4.79 Å². The van der Waals surface area contributed by atoms with Gasteiger partial charge in [0.2, 0.25) is 0 Å². The number of halogens is 1. The summed E-state index contributed by atoms with van der Waals surface area (Å²) >= 11 is 5.96. The molecular weight excluding hydrogens is 254 g/mol. The fourth-order valence-electron chi connectivity index (χ4n) is 1.74. The van der Waals surface area contributed by atoms with Gasteiger partial charge in [0.25, 0.3) is 0 Å².